The van der Waals surface area contributed by atoms with E-state index in [1.54, 1.807) is 11.3 Å². The molecular formula is C17H28N2S2. The number of nitrogens with zero attached hydrogens (tertiary/aromatic N) is 2. The fourth-order valence-electron chi connectivity index (χ4n) is 2.08. The smallest absolute Gasteiger partial charge is 0.0956 e. The molecule has 0 atom stereocenters. The number of aromatic nitrogens is 2. The predicted octanol–water partition coefficient (Wildman–Crippen LogP) is 6.27. The Morgan fingerprint density at radius 2 is 1.38 bits per heavy atom. The Kier molecular flexibility index (Phi) is 7.01. The van der Waals surface area contributed by atoms with Gasteiger partial charge < -0.3 is 0 Å². The van der Waals surface area contributed by atoms with Crippen LogP contribution in [0.2, 0.25) is 0 Å². The van der Waals surface area contributed by atoms with E-state index >= 15 is 0 Å². The summed E-state index contributed by atoms with van der Waals surface area (Å²) in [6.07, 6.45) is 0. The Balaban J connectivity index is 0.000000219. The van der Waals surface area contributed by atoms with Crippen molar-refractivity contribution in [1.29, 1.82) is 0 Å². The molecule has 0 saturated carbocycles. The molecular weight excluding hydrogens is 296 g/mol. The third-order valence-electron chi connectivity index (χ3n) is 3.22. The highest BCUT2D eigenvalue weighted by Gasteiger charge is 2.12. The van der Waals surface area contributed by atoms with Crippen molar-refractivity contribution in [3.8, 4) is 0 Å². The highest BCUT2D eigenvalue weighted by Crippen LogP contribution is 2.28. The van der Waals surface area contributed by atoms with Crippen molar-refractivity contribution >= 4 is 22.7 Å². The van der Waals surface area contributed by atoms with Crippen molar-refractivity contribution in [2.45, 2.75) is 73.1 Å². The Morgan fingerprint density at radius 3 is 1.62 bits per heavy atom. The van der Waals surface area contributed by atoms with Crippen LogP contribution in [0.1, 0.15) is 85.4 Å². The van der Waals surface area contributed by atoms with E-state index < -0.39 is 0 Å². The fourth-order valence-corrected chi connectivity index (χ4v) is 3.89. The van der Waals surface area contributed by atoms with Crippen LogP contribution in [0.25, 0.3) is 0 Å². The minimum Gasteiger partial charge on any atom is -0.249 e. The van der Waals surface area contributed by atoms with Gasteiger partial charge in [0, 0.05) is 15.7 Å². The summed E-state index contributed by atoms with van der Waals surface area (Å²) in [5, 5.41) is 1.27. The Morgan fingerprint density at radius 1 is 0.810 bits per heavy atom. The molecule has 0 amide bonds. The van der Waals surface area contributed by atoms with Gasteiger partial charge >= 0.3 is 0 Å². The molecule has 0 aromatic carbocycles. The van der Waals surface area contributed by atoms with Gasteiger partial charge in [0.05, 0.1) is 21.9 Å². The number of aryl methyl sites for hydroxylation is 2. The summed E-state index contributed by atoms with van der Waals surface area (Å²) in [6, 6.07) is 0. The third kappa shape index (κ3) is 5.19. The van der Waals surface area contributed by atoms with Gasteiger partial charge in [-0.3, -0.25) is 0 Å². The summed E-state index contributed by atoms with van der Waals surface area (Å²) < 4.78 is 0. The van der Waals surface area contributed by atoms with Gasteiger partial charge in [0.1, 0.15) is 0 Å². The lowest BCUT2D eigenvalue weighted by Gasteiger charge is -2.00. The van der Waals surface area contributed by atoms with Crippen molar-refractivity contribution in [3.05, 3.63) is 31.7 Å². The van der Waals surface area contributed by atoms with Crippen molar-refractivity contribution in [3.63, 3.8) is 0 Å². The van der Waals surface area contributed by atoms with Crippen molar-refractivity contribution < 1.29 is 0 Å². The monoisotopic (exact) mass is 324 g/mol. The Labute approximate surface area is 137 Å². The molecule has 21 heavy (non-hydrogen) atoms. The molecule has 0 N–H and O–H groups in total. The molecule has 2 heterocycles. The third-order valence-corrected chi connectivity index (χ3v) is 5.28. The van der Waals surface area contributed by atoms with E-state index in [1.807, 2.05) is 16.8 Å². The van der Waals surface area contributed by atoms with Crippen LogP contribution in [0, 0.1) is 13.8 Å². The molecule has 0 fully saturated rings. The molecule has 2 aromatic heterocycles. The maximum atomic E-state index is 4.63. The summed E-state index contributed by atoms with van der Waals surface area (Å²) in [6.45, 7) is 17.4. The van der Waals surface area contributed by atoms with Gasteiger partial charge in [0.25, 0.3) is 0 Å². The van der Waals surface area contributed by atoms with Gasteiger partial charge in [-0.1, -0.05) is 41.5 Å². The minimum atomic E-state index is 0.564. The minimum absolute atomic E-state index is 0.564. The Bertz CT molecular complexity index is 551. The van der Waals surface area contributed by atoms with Gasteiger partial charge in [0.15, 0.2) is 0 Å². The van der Waals surface area contributed by atoms with Crippen LogP contribution < -0.4 is 0 Å². The number of rotatable bonds is 3. The lowest BCUT2D eigenvalue weighted by molar-refractivity contribution is 0.788. The number of hydrogen-bond donors (Lipinski definition) is 0. The molecule has 4 heteroatoms. The molecule has 118 valence electrons. The lowest BCUT2D eigenvalue weighted by Crippen LogP contribution is -1.91. The standard InChI is InChI=1S/C10H17NS.C7H11NS/c1-6(2)9-8(5)12-10(11-9)7(3)4;1-5(2)7-6(3)9-4-8-7/h6-7H,1-5H3;4-5H,1-3H3. The molecule has 2 rings (SSSR count). The van der Waals surface area contributed by atoms with E-state index in [0.717, 1.165) is 0 Å². The van der Waals surface area contributed by atoms with E-state index in [1.165, 1.54) is 26.1 Å². The van der Waals surface area contributed by atoms with E-state index in [9.17, 15) is 0 Å². The molecule has 2 nitrogen and oxygen atoms in total. The average Bonchev–Trinajstić information content (AvgIpc) is 2.96. The summed E-state index contributed by atoms with van der Waals surface area (Å²) in [7, 11) is 0. The molecule has 0 aliphatic heterocycles. The van der Waals surface area contributed by atoms with E-state index in [0.29, 0.717) is 17.8 Å². The fraction of sp³-hybridized carbons (Fsp3) is 0.647. The maximum Gasteiger partial charge on any atom is 0.0956 e. The average molecular weight is 325 g/mol. The first-order valence-electron chi connectivity index (χ1n) is 7.61. The molecule has 0 saturated heterocycles. The zero-order chi connectivity index (χ0) is 16.2. The van der Waals surface area contributed by atoms with Gasteiger partial charge in [-0.25, -0.2) is 9.97 Å². The number of thiazole rings is 2. The molecule has 0 spiro atoms. The molecule has 0 bridgehead atoms. The van der Waals surface area contributed by atoms with E-state index in [2.05, 4.69) is 65.4 Å². The molecule has 0 unspecified atom stereocenters. The normalized spacial score (nSPS) is 11.2. The van der Waals surface area contributed by atoms with Crippen LogP contribution >= 0.6 is 22.7 Å². The SMILES string of the molecule is Cc1sc(C(C)C)nc1C(C)C.Cc1scnc1C(C)C. The summed E-state index contributed by atoms with van der Waals surface area (Å²) >= 11 is 3.56. The van der Waals surface area contributed by atoms with Crippen LogP contribution in [0.15, 0.2) is 5.51 Å². The van der Waals surface area contributed by atoms with Gasteiger partial charge in [-0.05, 0) is 25.7 Å². The first-order valence-corrected chi connectivity index (χ1v) is 9.30. The van der Waals surface area contributed by atoms with Crippen LogP contribution in [0.5, 0.6) is 0 Å². The number of hydrogen-bond acceptors (Lipinski definition) is 4. The molecule has 2 aromatic rings. The van der Waals surface area contributed by atoms with Crippen LogP contribution in [-0.2, 0) is 0 Å². The second kappa shape index (κ2) is 8.04. The topological polar surface area (TPSA) is 25.8 Å². The summed E-state index contributed by atoms with van der Waals surface area (Å²) in [5.41, 5.74) is 4.44. The van der Waals surface area contributed by atoms with Crippen molar-refractivity contribution in [2.75, 3.05) is 0 Å². The molecule has 0 radical (unpaired) electrons. The van der Waals surface area contributed by atoms with Crippen molar-refractivity contribution in [2.24, 2.45) is 0 Å². The summed E-state index contributed by atoms with van der Waals surface area (Å²) in [5.74, 6) is 1.71. The second-order valence-electron chi connectivity index (χ2n) is 6.25. The zero-order valence-electron chi connectivity index (χ0n) is 14.5. The lowest BCUT2D eigenvalue weighted by atomic mass is 10.1. The quantitative estimate of drug-likeness (QED) is 0.664. The van der Waals surface area contributed by atoms with Crippen LogP contribution in [-0.4, -0.2) is 9.97 Å². The highest BCUT2D eigenvalue weighted by atomic mass is 32.1. The second-order valence-corrected chi connectivity index (χ2v) is 8.55. The summed E-state index contributed by atoms with van der Waals surface area (Å²) in [4.78, 5) is 11.6. The van der Waals surface area contributed by atoms with Crippen LogP contribution in [0.3, 0.4) is 0 Å². The van der Waals surface area contributed by atoms with Crippen molar-refractivity contribution in [1.82, 2.24) is 9.97 Å². The Hall–Kier alpha value is -0.740. The molecule has 0 aliphatic rings. The maximum absolute atomic E-state index is 4.63. The first kappa shape index (κ1) is 18.3. The highest BCUT2D eigenvalue weighted by molar-refractivity contribution is 7.11. The largest absolute Gasteiger partial charge is 0.249 e. The van der Waals surface area contributed by atoms with Gasteiger partial charge in [0.2, 0.25) is 0 Å². The van der Waals surface area contributed by atoms with Gasteiger partial charge in [-0.2, -0.15) is 0 Å². The zero-order valence-corrected chi connectivity index (χ0v) is 16.2. The van der Waals surface area contributed by atoms with E-state index in [4.69, 9.17) is 0 Å². The van der Waals surface area contributed by atoms with Crippen LogP contribution in [0.4, 0.5) is 0 Å². The predicted molar refractivity (Wildman–Crippen MR) is 96.0 cm³/mol. The molecule has 0 aliphatic carbocycles. The van der Waals surface area contributed by atoms with Gasteiger partial charge in [-0.15, -0.1) is 22.7 Å². The van der Waals surface area contributed by atoms with E-state index in [-0.39, 0.29) is 0 Å². The first-order chi connectivity index (χ1) is 9.73.